The van der Waals surface area contributed by atoms with Crippen LogP contribution in [0, 0.1) is 12.3 Å². The first kappa shape index (κ1) is 16.4. The molecule has 11 heavy (non-hydrogen) atoms. The van der Waals surface area contributed by atoms with Gasteiger partial charge in [-0.05, 0) is 0 Å². The SMILES string of the molecule is C#CCOC.NC(N)=O.NN. The third-order valence-electron chi connectivity index (χ3n) is 0.228. The zero-order valence-electron chi connectivity index (χ0n) is 6.41. The van der Waals surface area contributed by atoms with Crippen molar-refractivity contribution in [1.82, 2.24) is 0 Å². The van der Waals surface area contributed by atoms with Gasteiger partial charge in [0.2, 0.25) is 0 Å². The van der Waals surface area contributed by atoms with Crippen LogP contribution in [0.15, 0.2) is 0 Å². The molecule has 0 aliphatic carbocycles. The lowest BCUT2D eigenvalue weighted by molar-refractivity contribution is 0.240. The first-order chi connectivity index (χ1) is 5.15. The summed E-state index contributed by atoms with van der Waals surface area (Å²) in [6.45, 7) is 0.417. The summed E-state index contributed by atoms with van der Waals surface area (Å²) < 4.78 is 4.45. The predicted octanol–water partition coefficient (Wildman–Crippen LogP) is -1.89. The zero-order valence-corrected chi connectivity index (χ0v) is 6.41. The highest BCUT2D eigenvalue weighted by Crippen LogP contribution is 1.53. The van der Waals surface area contributed by atoms with E-state index < -0.39 is 6.03 Å². The van der Waals surface area contributed by atoms with E-state index in [9.17, 15) is 0 Å². The van der Waals surface area contributed by atoms with Gasteiger partial charge in [-0.15, -0.1) is 6.42 Å². The second kappa shape index (κ2) is 23.3. The van der Waals surface area contributed by atoms with Crippen molar-refractivity contribution in [2.75, 3.05) is 13.7 Å². The summed E-state index contributed by atoms with van der Waals surface area (Å²) >= 11 is 0. The number of carbonyl (C=O) groups excluding carboxylic acids is 1. The molecule has 8 N–H and O–H groups in total. The fourth-order valence-electron chi connectivity index (χ4n) is 0.0833. The Morgan fingerprint density at radius 3 is 1.82 bits per heavy atom. The maximum absolute atomic E-state index is 9.00. The Kier molecular flexibility index (Phi) is 34.7. The molecule has 0 spiro atoms. The predicted molar refractivity (Wildman–Crippen MR) is 42.9 cm³/mol. The third-order valence-corrected chi connectivity index (χ3v) is 0.228. The van der Waals surface area contributed by atoms with Crippen molar-refractivity contribution in [2.45, 2.75) is 0 Å². The molecule has 0 bridgehead atoms. The van der Waals surface area contributed by atoms with Crippen LogP contribution >= 0.6 is 0 Å². The molecule has 0 aromatic carbocycles. The van der Waals surface area contributed by atoms with Crippen LogP contribution in [0.5, 0.6) is 0 Å². The molecular weight excluding hydrogens is 148 g/mol. The molecule has 0 saturated heterocycles. The fourth-order valence-corrected chi connectivity index (χ4v) is 0.0833. The summed E-state index contributed by atoms with van der Waals surface area (Å²) in [5.74, 6) is 10.3. The van der Waals surface area contributed by atoms with Crippen molar-refractivity contribution in [3.8, 4) is 12.3 Å². The first-order valence-electron chi connectivity index (χ1n) is 2.45. The van der Waals surface area contributed by atoms with Crippen molar-refractivity contribution in [1.29, 1.82) is 0 Å². The smallest absolute Gasteiger partial charge is 0.309 e. The number of primary amides is 2. The molecule has 66 valence electrons. The number of hydrogen-bond donors (Lipinski definition) is 4. The van der Waals surface area contributed by atoms with Crippen LogP contribution in [-0.4, -0.2) is 19.7 Å². The molecule has 0 aromatic rings. The number of carbonyl (C=O) groups is 1. The summed E-state index contributed by atoms with van der Waals surface area (Å²) in [5.41, 5.74) is 8.50. The van der Waals surface area contributed by atoms with Gasteiger partial charge in [0.1, 0.15) is 6.61 Å². The van der Waals surface area contributed by atoms with E-state index in [4.69, 9.17) is 11.2 Å². The summed E-state index contributed by atoms with van der Waals surface area (Å²) in [6.07, 6.45) is 4.76. The molecule has 0 aromatic heterocycles. The highest BCUT2D eigenvalue weighted by molar-refractivity contribution is 5.69. The Hall–Kier alpha value is -1.29. The number of terminal acetylenes is 1. The first-order valence-corrected chi connectivity index (χ1v) is 2.45. The minimum absolute atomic E-state index is 0.417. The summed E-state index contributed by atoms with van der Waals surface area (Å²) in [7, 11) is 1.57. The van der Waals surface area contributed by atoms with Crippen LogP contribution in [0.2, 0.25) is 0 Å². The highest BCUT2D eigenvalue weighted by Gasteiger charge is 1.60. The molecule has 6 nitrogen and oxygen atoms in total. The Morgan fingerprint density at radius 2 is 1.82 bits per heavy atom. The monoisotopic (exact) mass is 162 g/mol. The van der Waals surface area contributed by atoms with Gasteiger partial charge in [-0.25, -0.2) is 4.79 Å². The van der Waals surface area contributed by atoms with E-state index in [2.05, 4.69) is 33.8 Å². The van der Waals surface area contributed by atoms with Crippen molar-refractivity contribution in [3.63, 3.8) is 0 Å². The van der Waals surface area contributed by atoms with Gasteiger partial charge in [0.25, 0.3) is 0 Å². The van der Waals surface area contributed by atoms with Gasteiger partial charge in [-0.3, -0.25) is 11.7 Å². The molecule has 0 atom stereocenters. The number of methoxy groups -OCH3 is 1. The van der Waals surface area contributed by atoms with E-state index >= 15 is 0 Å². The van der Waals surface area contributed by atoms with Gasteiger partial charge >= 0.3 is 6.03 Å². The van der Waals surface area contributed by atoms with E-state index in [0.29, 0.717) is 6.61 Å². The minimum atomic E-state index is -0.833. The number of rotatable bonds is 1. The number of hydrogen-bond acceptors (Lipinski definition) is 4. The van der Waals surface area contributed by atoms with Gasteiger partial charge in [0, 0.05) is 7.11 Å². The van der Waals surface area contributed by atoms with Crippen molar-refractivity contribution in [2.24, 2.45) is 23.2 Å². The van der Waals surface area contributed by atoms with E-state index in [1.54, 1.807) is 7.11 Å². The largest absolute Gasteiger partial charge is 0.372 e. The molecule has 0 fully saturated rings. The molecule has 0 heterocycles. The van der Waals surface area contributed by atoms with Crippen molar-refractivity contribution >= 4 is 6.03 Å². The summed E-state index contributed by atoms with van der Waals surface area (Å²) in [5, 5.41) is 0. The molecule has 2 amide bonds. The number of amides is 2. The molecule has 0 aliphatic rings. The minimum Gasteiger partial charge on any atom is -0.372 e. The lowest BCUT2D eigenvalue weighted by Crippen LogP contribution is -2.18. The molecule has 0 unspecified atom stereocenters. The summed E-state index contributed by atoms with van der Waals surface area (Å²) in [4.78, 5) is 9.00. The maximum atomic E-state index is 9.00. The van der Waals surface area contributed by atoms with E-state index in [1.807, 2.05) is 0 Å². The fraction of sp³-hybridized carbons (Fsp3) is 0.400. The van der Waals surface area contributed by atoms with Crippen LogP contribution in [-0.2, 0) is 4.74 Å². The number of hydrazine groups is 1. The molecule has 0 radical (unpaired) electrons. The average molecular weight is 162 g/mol. The van der Waals surface area contributed by atoms with E-state index in [0.717, 1.165) is 0 Å². The van der Waals surface area contributed by atoms with Gasteiger partial charge in [0.15, 0.2) is 0 Å². The second-order valence-electron chi connectivity index (χ2n) is 1.04. The molecule has 6 heteroatoms. The molecular formula is C5H14N4O2. The number of nitrogens with two attached hydrogens (primary N) is 4. The van der Waals surface area contributed by atoms with Crippen LogP contribution in [0.4, 0.5) is 4.79 Å². The molecule has 0 rings (SSSR count). The lowest BCUT2D eigenvalue weighted by atomic mass is 10.8. The number of ether oxygens (including phenoxy) is 1. The Bertz CT molecular complexity index is 106. The van der Waals surface area contributed by atoms with Crippen molar-refractivity contribution in [3.05, 3.63) is 0 Å². The highest BCUT2D eigenvalue weighted by atomic mass is 16.5. The summed E-state index contributed by atoms with van der Waals surface area (Å²) in [6, 6.07) is -0.833. The van der Waals surface area contributed by atoms with Crippen LogP contribution in [0.25, 0.3) is 0 Å². The van der Waals surface area contributed by atoms with Crippen LogP contribution < -0.4 is 23.2 Å². The average Bonchev–Trinajstić information content (AvgIpc) is 1.93. The van der Waals surface area contributed by atoms with Crippen LogP contribution in [0.1, 0.15) is 0 Å². The quantitative estimate of drug-likeness (QED) is 0.204. The standard InChI is InChI=1S/C4H6O.CH4N2O.H4N2/c1-3-4-5-2;2-1(3)4;1-2/h1H,4H2,2H3;(H4,2,3,4);1-2H2. The Morgan fingerprint density at radius 1 is 1.55 bits per heavy atom. The molecule has 0 saturated carbocycles. The number of urea groups is 1. The van der Waals surface area contributed by atoms with Gasteiger partial charge < -0.3 is 16.2 Å². The zero-order chi connectivity index (χ0) is 9.70. The van der Waals surface area contributed by atoms with Crippen LogP contribution in [0.3, 0.4) is 0 Å². The van der Waals surface area contributed by atoms with E-state index in [1.165, 1.54) is 0 Å². The normalized spacial score (nSPS) is 5.64. The van der Waals surface area contributed by atoms with Gasteiger partial charge in [-0.2, -0.15) is 0 Å². The lowest BCUT2D eigenvalue weighted by Gasteiger charge is -1.76. The van der Waals surface area contributed by atoms with E-state index in [-0.39, 0.29) is 0 Å². The Labute approximate surface area is 65.8 Å². The van der Waals surface area contributed by atoms with Gasteiger partial charge in [-0.1, -0.05) is 5.92 Å². The van der Waals surface area contributed by atoms with Crippen molar-refractivity contribution < 1.29 is 9.53 Å². The topological polar surface area (TPSA) is 130 Å². The second-order valence-corrected chi connectivity index (χ2v) is 1.04. The third kappa shape index (κ3) is 778. The maximum Gasteiger partial charge on any atom is 0.309 e. The Balaban J connectivity index is -0.0000000965. The van der Waals surface area contributed by atoms with Gasteiger partial charge in [0.05, 0.1) is 0 Å². The molecule has 0 aliphatic heterocycles.